The van der Waals surface area contributed by atoms with E-state index in [-0.39, 0.29) is 0 Å². The molecule has 0 amide bonds. The van der Waals surface area contributed by atoms with Gasteiger partial charge in [-0.1, -0.05) is 6.07 Å². The third kappa shape index (κ3) is 2.99. The summed E-state index contributed by atoms with van der Waals surface area (Å²) >= 11 is 0. The fourth-order valence-electron chi connectivity index (χ4n) is 3.06. The average Bonchev–Trinajstić information content (AvgIpc) is 2.76. The Balaban J connectivity index is 1.85. The molecule has 5 heteroatoms. The Hall–Kier alpha value is -1.72. The van der Waals surface area contributed by atoms with Gasteiger partial charge in [0.15, 0.2) is 5.82 Å². The molecule has 1 saturated heterocycles. The molecule has 0 aliphatic carbocycles. The first-order valence-corrected chi connectivity index (χ1v) is 7.59. The van der Waals surface area contributed by atoms with Crippen LogP contribution in [0.3, 0.4) is 0 Å². The second-order valence-electron chi connectivity index (χ2n) is 5.89. The quantitative estimate of drug-likeness (QED) is 0.934. The lowest BCUT2D eigenvalue weighted by atomic mass is 10.1. The summed E-state index contributed by atoms with van der Waals surface area (Å²) in [6.07, 6.45) is 4.13. The third-order valence-electron chi connectivity index (χ3n) is 4.23. The molecule has 1 fully saturated rings. The Morgan fingerprint density at radius 2 is 2.19 bits per heavy atom. The van der Waals surface area contributed by atoms with E-state index in [4.69, 9.17) is 5.73 Å². The zero-order chi connectivity index (χ0) is 14.8. The van der Waals surface area contributed by atoms with Crippen LogP contribution in [0.4, 0.5) is 0 Å². The third-order valence-corrected chi connectivity index (χ3v) is 4.23. The molecule has 3 rings (SSSR count). The minimum atomic E-state index is 0.310. The molecule has 0 unspecified atom stereocenters. The molecular formula is C16H23N5. The van der Waals surface area contributed by atoms with Crippen molar-refractivity contribution in [1.29, 1.82) is 0 Å². The Kier molecular flexibility index (Phi) is 4.03. The van der Waals surface area contributed by atoms with Gasteiger partial charge in [0.2, 0.25) is 0 Å². The zero-order valence-corrected chi connectivity index (χ0v) is 12.8. The van der Waals surface area contributed by atoms with E-state index in [1.807, 2.05) is 22.9 Å². The van der Waals surface area contributed by atoms with Gasteiger partial charge in [-0.3, -0.25) is 4.90 Å². The molecule has 1 aliphatic heterocycles. The Morgan fingerprint density at radius 1 is 1.33 bits per heavy atom. The summed E-state index contributed by atoms with van der Waals surface area (Å²) in [7, 11) is 0. The summed E-state index contributed by atoms with van der Waals surface area (Å²) in [5.41, 5.74) is 9.63. The van der Waals surface area contributed by atoms with Gasteiger partial charge in [-0.2, -0.15) is 5.10 Å². The number of nitrogens with two attached hydrogens (primary N) is 1. The molecule has 1 aliphatic rings. The molecule has 2 aromatic rings. The molecule has 112 valence electrons. The predicted molar refractivity (Wildman–Crippen MR) is 83.3 cm³/mol. The van der Waals surface area contributed by atoms with Crippen LogP contribution in [0.1, 0.15) is 29.8 Å². The van der Waals surface area contributed by atoms with E-state index in [0.717, 1.165) is 37.6 Å². The van der Waals surface area contributed by atoms with Crippen LogP contribution in [0.2, 0.25) is 0 Å². The average molecular weight is 285 g/mol. The molecule has 0 bridgehead atoms. The van der Waals surface area contributed by atoms with Crippen LogP contribution in [0, 0.1) is 13.8 Å². The van der Waals surface area contributed by atoms with Gasteiger partial charge in [-0.05, 0) is 45.4 Å². The zero-order valence-electron chi connectivity index (χ0n) is 12.8. The molecule has 0 radical (unpaired) electrons. The minimum absolute atomic E-state index is 0.310. The number of pyridine rings is 1. The lowest BCUT2D eigenvalue weighted by Crippen LogP contribution is -2.42. The van der Waals surface area contributed by atoms with Crippen molar-refractivity contribution in [2.45, 2.75) is 39.3 Å². The van der Waals surface area contributed by atoms with Gasteiger partial charge in [0.05, 0.1) is 5.69 Å². The number of rotatable bonds is 3. The molecule has 2 N–H and O–H groups in total. The molecule has 2 aromatic heterocycles. The van der Waals surface area contributed by atoms with Gasteiger partial charge in [0.25, 0.3) is 0 Å². The summed E-state index contributed by atoms with van der Waals surface area (Å²) < 4.78 is 1.94. The van der Waals surface area contributed by atoms with Crippen LogP contribution in [0.15, 0.2) is 24.4 Å². The lowest BCUT2D eigenvalue weighted by Gasteiger charge is -2.30. The number of aromatic nitrogens is 3. The maximum Gasteiger partial charge on any atom is 0.153 e. The molecule has 5 nitrogen and oxygen atoms in total. The molecule has 0 aromatic carbocycles. The second-order valence-corrected chi connectivity index (χ2v) is 5.89. The molecule has 3 heterocycles. The highest BCUT2D eigenvalue weighted by atomic mass is 15.3. The summed E-state index contributed by atoms with van der Waals surface area (Å²) in [5, 5.41) is 4.66. The van der Waals surface area contributed by atoms with Crippen LogP contribution >= 0.6 is 0 Å². The van der Waals surface area contributed by atoms with Gasteiger partial charge in [0, 0.05) is 36.6 Å². The fourth-order valence-corrected chi connectivity index (χ4v) is 3.06. The summed E-state index contributed by atoms with van der Waals surface area (Å²) in [5.74, 6) is 0.875. The van der Waals surface area contributed by atoms with Crippen molar-refractivity contribution < 1.29 is 0 Å². The highest BCUT2D eigenvalue weighted by Gasteiger charge is 2.20. The summed E-state index contributed by atoms with van der Waals surface area (Å²) in [6, 6.07) is 6.21. The first kappa shape index (κ1) is 14.2. The normalized spacial score (nSPS) is 19.9. The second kappa shape index (κ2) is 5.95. The number of hydrogen-bond donors (Lipinski definition) is 1. The van der Waals surface area contributed by atoms with Gasteiger partial charge in [-0.15, -0.1) is 0 Å². The molecule has 0 spiro atoms. The van der Waals surface area contributed by atoms with Crippen molar-refractivity contribution in [3.05, 3.63) is 41.3 Å². The van der Waals surface area contributed by atoms with Gasteiger partial charge < -0.3 is 5.73 Å². The molecular weight excluding hydrogens is 262 g/mol. The number of likely N-dealkylation sites (tertiary alicyclic amines) is 1. The highest BCUT2D eigenvalue weighted by Crippen LogP contribution is 2.20. The van der Waals surface area contributed by atoms with Crippen molar-refractivity contribution >= 4 is 0 Å². The van der Waals surface area contributed by atoms with E-state index in [2.05, 4.69) is 28.8 Å². The molecule has 1 atom stereocenters. The summed E-state index contributed by atoms with van der Waals surface area (Å²) in [4.78, 5) is 6.83. The van der Waals surface area contributed by atoms with E-state index in [9.17, 15) is 0 Å². The van der Waals surface area contributed by atoms with E-state index in [1.165, 1.54) is 17.7 Å². The minimum Gasteiger partial charge on any atom is -0.327 e. The molecule has 21 heavy (non-hydrogen) atoms. The van der Waals surface area contributed by atoms with Crippen molar-refractivity contribution in [2.24, 2.45) is 5.73 Å². The Labute approximate surface area is 125 Å². The number of hydrogen-bond acceptors (Lipinski definition) is 4. The van der Waals surface area contributed by atoms with E-state index < -0.39 is 0 Å². The van der Waals surface area contributed by atoms with Crippen molar-refractivity contribution in [3.63, 3.8) is 0 Å². The largest absolute Gasteiger partial charge is 0.327 e. The number of nitrogens with zero attached hydrogens (tertiary/aromatic N) is 4. The predicted octanol–water partition coefficient (Wildman–Crippen LogP) is 1.81. The summed E-state index contributed by atoms with van der Waals surface area (Å²) in [6.45, 7) is 7.23. The van der Waals surface area contributed by atoms with Crippen LogP contribution in [-0.4, -0.2) is 38.8 Å². The fraction of sp³-hybridized carbons (Fsp3) is 0.500. The van der Waals surface area contributed by atoms with E-state index in [0.29, 0.717) is 6.04 Å². The monoisotopic (exact) mass is 285 g/mol. The van der Waals surface area contributed by atoms with Crippen LogP contribution in [0.25, 0.3) is 5.82 Å². The molecule has 0 saturated carbocycles. The van der Waals surface area contributed by atoms with E-state index >= 15 is 0 Å². The standard InChI is InChI=1S/C16H23N5/c1-12-15(11-20-9-5-6-14(17)10-20)13(2)21(19-12)16-7-3-4-8-18-16/h3-4,7-8,14H,5-6,9-11,17H2,1-2H3/t14-/m1/s1. The number of piperidine rings is 1. The van der Waals surface area contributed by atoms with Gasteiger partial charge in [0.1, 0.15) is 0 Å². The van der Waals surface area contributed by atoms with Crippen LogP contribution in [0.5, 0.6) is 0 Å². The smallest absolute Gasteiger partial charge is 0.153 e. The van der Waals surface area contributed by atoms with E-state index in [1.54, 1.807) is 6.20 Å². The topological polar surface area (TPSA) is 60.0 Å². The van der Waals surface area contributed by atoms with Gasteiger partial charge >= 0.3 is 0 Å². The first-order valence-electron chi connectivity index (χ1n) is 7.59. The van der Waals surface area contributed by atoms with Gasteiger partial charge in [-0.25, -0.2) is 9.67 Å². The van der Waals surface area contributed by atoms with Crippen molar-refractivity contribution in [2.75, 3.05) is 13.1 Å². The highest BCUT2D eigenvalue weighted by molar-refractivity contribution is 5.32. The first-order chi connectivity index (χ1) is 10.1. The Bertz CT molecular complexity index is 605. The van der Waals surface area contributed by atoms with Crippen LogP contribution < -0.4 is 5.73 Å². The van der Waals surface area contributed by atoms with Crippen LogP contribution in [-0.2, 0) is 6.54 Å². The maximum absolute atomic E-state index is 6.08. The van der Waals surface area contributed by atoms with Crippen molar-refractivity contribution in [1.82, 2.24) is 19.7 Å². The SMILES string of the molecule is Cc1nn(-c2ccccn2)c(C)c1CN1CCC[C@@H](N)C1. The lowest BCUT2D eigenvalue weighted by molar-refractivity contribution is 0.201. The maximum atomic E-state index is 6.08. The Morgan fingerprint density at radius 3 is 2.90 bits per heavy atom. The van der Waals surface area contributed by atoms with Crippen molar-refractivity contribution in [3.8, 4) is 5.82 Å². The number of aryl methyl sites for hydroxylation is 1.